The predicted octanol–water partition coefficient (Wildman–Crippen LogP) is 5.84. The van der Waals surface area contributed by atoms with Gasteiger partial charge in [-0.3, -0.25) is 4.79 Å². The summed E-state index contributed by atoms with van der Waals surface area (Å²) in [5, 5.41) is 13.7. The van der Waals surface area contributed by atoms with E-state index >= 15 is 0 Å². The first kappa shape index (κ1) is 24.9. The predicted molar refractivity (Wildman–Crippen MR) is 138 cm³/mol. The highest BCUT2D eigenvalue weighted by molar-refractivity contribution is 14.1. The van der Waals surface area contributed by atoms with Crippen LogP contribution in [0, 0.1) is 12.6 Å². The SMILES string of the molecule is CC(C)(C)CC(C)(C)c1ccc(OCC(=O)NN=Cc2cc(I)c(O)c(I)c2)cc1. The molecule has 0 spiro atoms. The Morgan fingerprint density at radius 2 is 1.67 bits per heavy atom. The van der Waals surface area contributed by atoms with Gasteiger partial charge < -0.3 is 9.84 Å². The number of carbonyl (C=O) groups excluding carboxylic acids is 1. The number of aromatic hydroxyl groups is 1. The third-order valence-electron chi connectivity index (χ3n) is 4.42. The maximum atomic E-state index is 12.0. The number of phenols is 1. The Hall–Kier alpha value is -1.36. The number of hydrazone groups is 1. The first-order valence-corrected chi connectivity index (χ1v) is 11.8. The molecule has 0 aliphatic rings. The summed E-state index contributed by atoms with van der Waals surface area (Å²) in [5.41, 5.74) is 4.80. The van der Waals surface area contributed by atoms with Gasteiger partial charge >= 0.3 is 0 Å². The number of rotatable bonds is 7. The quantitative estimate of drug-likeness (QED) is 0.229. The molecule has 0 unspecified atom stereocenters. The largest absolute Gasteiger partial charge is 0.506 e. The number of phenolic OH excluding ortho intramolecular Hbond substituents is 1. The lowest BCUT2D eigenvalue weighted by Crippen LogP contribution is -2.25. The van der Waals surface area contributed by atoms with Crippen molar-refractivity contribution in [3.8, 4) is 11.5 Å². The van der Waals surface area contributed by atoms with E-state index in [0.29, 0.717) is 5.75 Å². The van der Waals surface area contributed by atoms with Crippen molar-refractivity contribution in [3.63, 3.8) is 0 Å². The van der Waals surface area contributed by atoms with Crippen LogP contribution >= 0.6 is 45.2 Å². The minimum Gasteiger partial charge on any atom is -0.506 e. The van der Waals surface area contributed by atoms with Gasteiger partial charge in [0.2, 0.25) is 0 Å². The molecule has 0 atom stereocenters. The number of amides is 1. The van der Waals surface area contributed by atoms with Crippen molar-refractivity contribution >= 4 is 57.3 Å². The minimum atomic E-state index is -0.341. The van der Waals surface area contributed by atoms with E-state index in [1.165, 1.54) is 11.8 Å². The molecule has 0 aliphatic carbocycles. The number of nitrogens with zero attached hydrogens (tertiary/aromatic N) is 1. The number of ether oxygens (including phenoxy) is 1. The lowest BCUT2D eigenvalue weighted by atomic mass is 9.72. The fraction of sp³-hybridized carbons (Fsp3) is 0.391. The Balaban J connectivity index is 1.88. The Morgan fingerprint density at radius 3 is 2.20 bits per heavy atom. The maximum absolute atomic E-state index is 12.0. The van der Waals surface area contributed by atoms with Crippen LogP contribution in [0.4, 0.5) is 0 Å². The van der Waals surface area contributed by atoms with Gasteiger partial charge in [-0.2, -0.15) is 5.10 Å². The smallest absolute Gasteiger partial charge is 0.277 e. The van der Waals surface area contributed by atoms with Crippen LogP contribution in [0.2, 0.25) is 0 Å². The van der Waals surface area contributed by atoms with Crippen LogP contribution in [-0.2, 0) is 10.2 Å². The number of carbonyl (C=O) groups is 1. The Bertz CT molecular complexity index is 894. The van der Waals surface area contributed by atoms with E-state index in [9.17, 15) is 9.90 Å². The second-order valence-corrected chi connectivity index (χ2v) is 11.4. The molecular formula is C23H28I2N2O3. The highest BCUT2D eigenvalue weighted by Crippen LogP contribution is 2.36. The molecule has 0 radical (unpaired) electrons. The van der Waals surface area contributed by atoms with Crippen molar-refractivity contribution in [1.82, 2.24) is 5.43 Å². The first-order chi connectivity index (χ1) is 13.9. The average Bonchev–Trinajstić information content (AvgIpc) is 2.63. The second-order valence-electron chi connectivity index (χ2n) is 9.06. The molecule has 2 rings (SSSR count). The number of benzene rings is 2. The molecule has 0 aromatic heterocycles. The number of hydrogen-bond acceptors (Lipinski definition) is 4. The van der Waals surface area contributed by atoms with E-state index in [-0.39, 0.29) is 29.1 Å². The first-order valence-electron chi connectivity index (χ1n) is 9.61. The van der Waals surface area contributed by atoms with Gasteiger partial charge in [-0.05, 0) is 97.8 Å². The van der Waals surface area contributed by atoms with Crippen molar-refractivity contribution in [2.24, 2.45) is 10.5 Å². The molecule has 2 aromatic carbocycles. The Kier molecular flexibility index (Phi) is 8.55. The van der Waals surface area contributed by atoms with E-state index in [0.717, 1.165) is 19.1 Å². The van der Waals surface area contributed by atoms with Gasteiger partial charge in [0.15, 0.2) is 6.61 Å². The summed E-state index contributed by atoms with van der Waals surface area (Å²) in [5.74, 6) is 0.553. The van der Waals surface area contributed by atoms with Crippen LogP contribution < -0.4 is 10.2 Å². The van der Waals surface area contributed by atoms with E-state index in [1.54, 1.807) is 12.1 Å². The summed E-state index contributed by atoms with van der Waals surface area (Å²) in [6, 6.07) is 11.5. The van der Waals surface area contributed by atoms with Gasteiger partial charge in [0.25, 0.3) is 5.91 Å². The van der Waals surface area contributed by atoms with Crippen LogP contribution in [0.5, 0.6) is 11.5 Å². The molecule has 0 aliphatic heterocycles. The monoisotopic (exact) mass is 634 g/mol. The second kappa shape index (κ2) is 10.3. The zero-order valence-electron chi connectivity index (χ0n) is 17.9. The molecule has 2 N–H and O–H groups in total. The molecule has 5 nitrogen and oxygen atoms in total. The highest BCUT2D eigenvalue weighted by Gasteiger charge is 2.27. The molecule has 30 heavy (non-hydrogen) atoms. The molecule has 2 aromatic rings. The number of halogens is 2. The van der Waals surface area contributed by atoms with Gasteiger partial charge in [-0.25, -0.2) is 5.43 Å². The molecule has 0 heterocycles. The lowest BCUT2D eigenvalue weighted by Gasteiger charge is -2.33. The van der Waals surface area contributed by atoms with Crippen molar-refractivity contribution in [1.29, 1.82) is 0 Å². The van der Waals surface area contributed by atoms with E-state index in [2.05, 4.69) is 57.3 Å². The molecule has 1 amide bonds. The van der Waals surface area contributed by atoms with Gasteiger partial charge in [-0.1, -0.05) is 46.8 Å². The van der Waals surface area contributed by atoms with E-state index < -0.39 is 0 Å². The van der Waals surface area contributed by atoms with Gasteiger partial charge in [-0.15, -0.1) is 0 Å². The third kappa shape index (κ3) is 7.72. The van der Waals surface area contributed by atoms with Crippen molar-refractivity contribution in [3.05, 3.63) is 54.7 Å². The van der Waals surface area contributed by atoms with Gasteiger partial charge in [0.05, 0.1) is 13.4 Å². The van der Waals surface area contributed by atoms with Crippen molar-refractivity contribution < 1.29 is 14.6 Å². The zero-order chi connectivity index (χ0) is 22.5. The Labute approximate surface area is 206 Å². The molecule has 0 fully saturated rings. The van der Waals surface area contributed by atoms with Crippen LogP contribution in [0.15, 0.2) is 41.5 Å². The molecule has 0 saturated carbocycles. The molecule has 0 bridgehead atoms. The third-order valence-corrected chi connectivity index (χ3v) is 6.06. The fourth-order valence-electron chi connectivity index (χ4n) is 3.45. The standard InChI is InChI=1S/C23H28I2N2O3/c1-22(2,3)14-23(4,5)16-6-8-17(9-7-16)30-13-20(28)27-26-12-15-10-18(24)21(29)19(25)11-15/h6-12,29H,13-14H2,1-5H3,(H,27,28). The molecular weight excluding hydrogens is 606 g/mol. The normalized spacial score (nSPS) is 12.2. The summed E-state index contributed by atoms with van der Waals surface area (Å²) >= 11 is 4.10. The molecule has 7 heteroatoms. The molecule has 162 valence electrons. The average molecular weight is 634 g/mol. The number of nitrogens with one attached hydrogen (secondary N) is 1. The van der Waals surface area contributed by atoms with Gasteiger partial charge in [0.1, 0.15) is 11.5 Å². The van der Waals surface area contributed by atoms with Crippen LogP contribution in [0.25, 0.3) is 0 Å². The maximum Gasteiger partial charge on any atom is 0.277 e. The summed E-state index contributed by atoms with van der Waals surface area (Å²) in [6.45, 7) is 11.1. The van der Waals surface area contributed by atoms with Crippen molar-refractivity contribution in [2.75, 3.05) is 6.61 Å². The van der Waals surface area contributed by atoms with E-state index in [4.69, 9.17) is 4.74 Å². The van der Waals surface area contributed by atoms with Crippen LogP contribution in [0.1, 0.15) is 52.2 Å². The summed E-state index contributed by atoms with van der Waals surface area (Å²) < 4.78 is 7.02. The van der Waals surface area contributed by atoms with Crippen molar-refractivity contribution in [2.45, 2.75) is 46.5 Å². The van der Waals surface area contributed by atoms with Gasteiger partial charge in [0, 0.05) is 0 Å². The minimum absolute atomic E-state index is 0.0622. The lowest BCUT2D eigenvalue weighted by molar-refractivity contribution is -0.123. The highest BCUT2D eigenvalue weighted by atomic mass is 127. The van der Waals surface area contributed by atoms with Crippen LogP contribution in [-0.4, -0.2) is 23.8 Å². The summed E-state index contributed by atoms with van der Waals surface area (Å²) in [4.78, 5) is 12.0. The fourth-order valence-corrected chi connectivity index (χ4v) is 5.27. The van der Waals surface area contributed by atoms with Crippen LogP contribution in [0.3, 0.4) is 0 Å². The zero-order valence-corrected chi connectivity index (χ0v) is 22.2. The number of hydrogen-bond donors (Lipinski definition) is 2. The molecule has 0 saturated heterocycles. The topological polar surface area (TPSA) is 70.9 Å². The van der Waals surface area contributed by atoms with E-state index in [1.807, 2.05) is 57.3 Å². The summed E-state index contributed by atoms with van der Waals surface area (Å²) in [6.07, 6.45) is 2.60. The summed E-state index contributed by atoms with van der Waals surface area (Å²) in [7, 11) is 0. The Morgan fingerprint density at radius 1 is 1.10 bits per heavy atom.